The summed E-state index contributed by atoms with van der Waals surface area (Å²) in [7, 11) is 0. The second kappa shape index (κ2) is 4.86. The van der Waals surface area contributed by atoms with Crippen LogP contribution in [0, 0.1) is 6.92 Å². The number of halogens is 1. The molecule has 5 rings (SSSR count). The molecule has 2 unspecified atom stereocenters. The molecule has 2 nitrogen and oxygen atoms in total. The summed E-state index contributed by atoms with van der Waals surface area (Å²) in [5.41, 5.74) is 6.95. The maximum atomic E-state index is 6.09. The Bertz CT molecular complexity index is 908. The van der Waals surface area contributed by atoms with Crippen molar-refractivity contribution in [2.24, 2.45) is 0 Å². The minimum Gasteiger partial charge on any atom is -0.312 e. The first kappa shape index (κ1) is 13.6. The number of aryl methyl sites for hydroxylation is 1. The minimum absolute atomic E-state index is 0.691. The van der Waals surface area contributed by atoms with Gasteiger partial charge in [-0.25, -0.2) is 0 Å². The van der Waals surface area contributed by atoms with Crippen molar-refractivity contribution in [3.05, 3.63) is 64.3 Å². The Labute approximate surface area is 141 Å². The average molecular weight is 323 g/mol. The molecular weight excluding hydrogens is 304 g/mol. The molecule has 0 saturated carbocycles. The van der Waals surface area contributed by atoms with E-state index < -0.39 is 0 Å². The van der Waals surface area contributed by atoms with Crippen LogP contribution in [0.3, 0.4) is 0 Å². The van der Waals surface area contributed by atoms with E-state index in [4.69, 9.17) is 11.6 Å². The SMILES string of the molecule is Cc1ccc2c(c1)c1c(n2-c2ccc(Cl)cc2)CN2CCC1C2. The third-order valence-electron chi connectivity index (χ3n) is 5.40. The van der Waals surface area contributed by atoms with E-state index in [2.05, 4.69) is 46.7 Å². The number of hydrogen-bond acceptors (Lipinski definition) is 1. The second-order valence-corrected chi connectivity index (χ2v) is 7.35. The number of rotatable bonds is 1. The molecule has 3 heteroatoms. The van der Waals surface area contributed by atoms with E-state index in [0.717, 1.165) is 11.6 Å². The normalized spacial score (nSPS) is 22.5. The second-order valence-electron chi connectivity index (χ2n) is 6.91. The van der Waals surface area contributed by atoms with Crippen molar-refractivity contribution < 1.29 is 0 Å². The molecule has 2 atom stereocenters. The molecular formula is C20H19ClN2. The number of nitrogens with zero attached hydrogens (tertiary/aromatic N) is 2. The van der Waals surface area contributed by atoms with Gasteiger partial charge in [-0.3, -0.25) is 4.90 Å². The third-order valence-corrected chi connectivity index (χ3v) is 5.65. The van der Waals surface area contributed by atoms with Crippen molar-refractivity contribution in [1.29, 1.82) is 0 Å². The molecule has 1 saturated heterocycles. The smallest absolute Gasteiger partial charge is 0.0535 e. The molecule has 3 heterocycles. The van der Waals surface area contributed by atoms with Crippen LogP contribution in [0.25, 0.3) is 16.6 Å². The Morgan fingerprint density at radius 1 is 1.09 bits per heavy atom. The summed E-state index contributed by atoms with van der Waals surface area (Å²) in [5.74, 6) is 0.691. The van der Waals surface area contributed by atoms with Gasteiger partial charge < -0.3 is 4.57 Å². The molecule has 0 spiro atoms. The van der Waals surface area contributed by atoms with Crippen molar-refractivity contribution in [3.63, 3.8) is 0 Å². The van der Waals surface area contributed by atoms with Gasteiger partial charge >= 0.3 is 0 Å². The number of hydrogen-bond donors (Lipinski definition) is 0. The molecule has 2 aliphatic rings. The van der Waals surface area contributed by atoms with Crippen LogP contribution in [-0.2, 0) is 6.54 Å². The average Bonchev–Trinajstić information content (AvgIpc) is 3.07. The molecule has 2 aliphatic heterocycles. The summed E-state index contributed by atoms with van der Waals surface area (Å²) in [6.07, 6.45) is 1.29. The van der Waals surface area contributed by atoms with Crippen molar-refractivity contribution in [3.8, 4) is 5.69 Å². The first-order chi connectivity index (χ1) is 11.2. The quantitative estimate of drug-likeness (QED) is 0.619. The van der Waals surface area contributed by atoms with Crippen molar-refractivity contribution >= 4 is 22.5 Å². The predicted molar refractivity (Wildman–Crippen MR) is 95.7 cm³/mol. The zero-order valence-electron chi connectivity index (χ0n) is 13.2. The molecule has 1 fully saturated rings. The molecule has 0 aliphatic carbocycles. The maximum Gasteiger partial charge on any atom is 0.0535 e. The van der Waals surface area contributed by atoms with Crippen molar-refractivity contribution in [2.45, 2.75) is 25.8 Å². The Hall–Kier alpha value is -1.77. The van der Waals surface area contributed by atoms with Gasteiger partial charge in [0, 0.05) is 40.8 Å². The highest BCUT2D eigenvalue weighted by Gasteiger charge is 2.35. The van der Waals surface area contributed by atoms with E-state index in [1.54, 1.807) is 5.56 Å². The molecule has 2 bridgehead atoms. The van der Waals surface area contributed by atoms with Crippen LogP contribution in [-0.4, -0.2) is 22.6 Å². The molecule has 0 radical (unpaired) electrons. The zero-order chi connectivity index (χ0) is 15.6. The molecule has 1 aromatic heterocycles. The van der Waals surface area contributed by atoms with E-state index in [0.29, 0.717) is 5.92 Å². The number of benzene rings is 2. The highest BCUT2D eigenvalue weighted by atomic mass is 35.5. The summed E-state index contributed by atoms with van der Waals surface area (Å²) in [5, 5.41) is 2.24. The Morgan fingerprint density at radius 2 is 1.91 bits per heavy atom. The number of aromatic nitrogens is 1. The lowest BCUT2D eigenvalue weighted by atomic mass is 9.93. The molecule has 0 N–H and O–H groups in total. The summed E-state index contributed by atoms with van der Waals surface area (Å²) in [6.45, 7) is 5.70. The summed E-state index contributed by atoms with van der Waals surface area (Å²) in [4.78, 5) is 2.59. The van der Waals surface area contributed by atoms with Gasteiger partial charge in [-0.15, -0.1) is 0 Å². The Balaban J connectivity index is 1.85. The lowest BCUT2D eigenvalue weighted by Crippen LogP contribution is -2.26. The zero-order valence-corrected chi connectivity index (χ0v) is 14.0. The minimum atomic E-state index is 0.691. The van der Waals surface area contributed by atoms with Gasteiger partial charge in [0.15, 0.2) is 0 Å². The van der Waals surface area contributed by atoms with E-state index in [1.807, 2.05) is 12.1 Å². The van der Waals surface area contributed by atoms with Crippen molar-refractivity contribution in [1.82, 2.24) is 9.47 Å². The molecule has 0 amide bonds. The van der Waals surface area contributed by atoms with Gasteiger partial charge in [0.05, 0.1) is 5.52 Å². The standard InChI is InChI=1S/C20H19ClN2/c1-13-2-7-18-17(10-13)20-14-8-9-22(11-14)12-19(20)23(18)16-5-3-15(21)4-6-16/h2-7,10,14H,8-9,11-12H2,1H3. The van der Waals surface area contributed by atoms with Crippen LogP contribution in [0.1, 0.15) is 29.2 Å². The third kappa shape index (κ3) is 1.98. The van der Waals surface area contributed by atoms with Crippen LogP contribution < -0.4 is 0 Å². The Morgan fingerprint density at radius 3 is 2.74 bits per heavy atom. The molecule has 2 aromatic carbocycles. The van der Waals surface area contributed by atoms with E-state index in [9.17, 15) is 0 Å². The van der Waals surface area contributed by atoms with Crippen LogP contribution in [0.5, 0.6) is 0 Å². The first-order valence-corrected chi connectivity index (χ1v) is 8.70. The highest BCUT2D eigenvalue weighted by Crippen LogP contribution is 2.43. The fraction of sp³-hybridized carbons (Fsp3) is 0.300. The van der Waals surface area contributed by atoms with E-state index in [-0.39, 0.29) is 0 Å². The van der Waals surface area contributed by atoms with Crippen LogP contribution in [0.2, 0.25) is 5.02 Å². The fourth-order valence-electron chi connectivity index (χ4n) is 4.40. The topological polar surface area (TPSA) is 8.17 Å². The van der Waals surface area contributed by atoms with Gasteiger partial charge in [-0.05, 0) is 61.9 Å². The first-order valence-electron chi connectivity index (χ1n) is 8.33. The highest BCUT2D eigenvalue weighted by molar-refractivity contribution is 6.30. The van der Waals surface area contributed by atoms with Crippen LogP contribution in [0.4, 0.5) is 0 Å². The van der Waals surface area contributed by atoms with Gasteiger partial charge in [0.25, 0.3) is 0 Å². The summed E-state index contributed by atoms with van der Waals surface area (Å²) < 4.78 is 2.45. The van der Waals surface area contributed by atoms with Gasteiger partial charge in [-0.1, -0.05) is 23.2 Å². The van der Waals surface area contributed by atoms with Crippen LogP contribution in [0.15, 0.2) is 42.5 Å². The largest absolute Gasteiger partial charge is 0.312 e. The fourth-order valence-corrected chi connectivity index (χ4v) is 4.53. The van der Waals surface area contributed by atoms with Gasteiger partial charge in [-0.2, -0.15) is 0 Å². The number of fused-ring (bicyclic) bond motifs is 6. The monoisotopic (exact) mass is 322 g/mol. The van der Waals surface area contributed by atoms with Gasteiger partial charge in [0.1, 0.15) is 0 Å². The molecule has 116 valence electrons. The van der Waals surface area contributed by atoms with Gasteiger partial charge in [0.2, 0.25) is 0 Å². The van der Waals surface area contributed by atoms with E-state index >= 15 is 0 Å². The maximum absolute atomic E-state index is 6.09. The van der Waals surface area contributed by atoms with Crippen LogP contribution >= 0.6 is 11.6 Å². The lowest BCUT2D eigenvalue weighted by Gasteiger charge is -2.25. The molecule has 23 heavy (non-hydrogen) atoms. The Kier molecular flexibility index (Phi) is 2.88. The predicted octanol–water partition coefficient (Wildman–Crippen LogP) is 4.90. The van der Waals surface area contributed by atoms with Crippen molar-refractivity contribution in [2.75, 3.05) is 13.1 Å². The summed E-state index contributed by atoms with van der Waals surface area (Å²) >= 11 is 6.09. The lowest BCUT2D eigenvalue weighted by molar-refractivity contribution is 0.308. The van der Waals surface area contributed by atoms with E-state index in [1.165, 1.54) is 47.4 Å². The summed E-state index contributed by atoms with van der Waals surface area (Å²) in [6, 6.07) is 15.1. The molecule has 3 aromatic rings.